The lowest BCUT2D eigenvalue weighted by Gasteiger charge is -2.36. The number of aliphatic hydroxyl groups excluding tert-OH is 1. The van der Waals surface area contributed by atoms with Crippen LogP contribution in [-0.4, -0.2) is 24.7 Å². The minimum atomic E-state index is -2.14. The summed E-state index contributed by atoms with van der Waals surface area (Å²) in [6.07, 6.45) is 0.557. The quantitative estimate of drug-likeness (QED) is 0.633. The van der Waals surface area contributed by atoms with Crippen LogP contribution in [0.5, 0.6) is 0 Å². The second-order valence-corrected chi connectivity index (χ2v) is 12.5. The van der Waals surface area contributed by atoms with Gasteiger partial charge in [0.1, 0.15) is 13.5 Å². The molecule has 0 heterocycles. The lowest BCUT2D eigenvalue weighted by molar-refractivity contribution is -0.110. The van der Waals surface area contributed by atoms with Crippen molar-refractivity contribution in [2.24, 2.45) is 0 Å². The van der Waals surface area contributed by atoms with E-state index in [0.717, 1.165) is 6.42 Å². The third-order valence-corrected chi connectivity index (χ3v) is 9.89. The monoisotopic (exact) mass is 304 g/mol. The summed E-state index contributed by atoms with van der Waals surface area (Å²) in [6.45, 7) is 14.3. The van der Waals surface area contributed by atoms with Crippen molar-refractivity contribution >= 4 is 13.5 Å². The molecule has 0 amide bonds. The molecule has 0 aromatic heterocycles. The molecule has 0 fully saturated rings. The fraction of sp³-hybridized carbons (Fsp3) is 0.500. The van der Waals surface area contributed by atoms with E-state index in [2.05, 4.69) is 40.4 Å². The zero-order valence-electron chi connectivity index (χ0n) is 13.9. The predicted octanol–water partition coefficient (Wildman–Crippen LogP) is 4.15. The van der Waals surface area contributed by atoms with Crippen molar-refractivity contribution in [1.82, 2.24) is 0 Å². The highest BCUT2D eigenvalue weighted by molar-refractivity contribution is 7.08. The number of aliphatic hydroxyl groups is 1. The van der Waals surface area contributed by atoms with Crippen molar-refractivity contribution in [3.8, 4) is 0 Å². The van der Waals surface area contributed by atoms with Gasteiger partial charge in [-0.15, -0.1) is 0 Å². The van der Waals surface area contributed by atoms with Gasteiger partial charge >= 0.3 is 0 Å². The van der Waals surface area contributed by atoms with Crippen LogP contribution in [-0.2, 0) is 11.2 Å². The lowest BCUT2D eigenvalue weighted by Crippen LogP contribution is -2.48. The van der Waals surface area contributed by atoms with Gasteiger partial charge in [-0.2, -0.15) is 0 Å². The van der Waals surface area contributed by atoms with Gasteiger partial charge in [-0.1, -0.05) is 70.8 Å². The van der Waals surface area contributed by atoms with Crippen LogP contribution in [0.3, 0.4) is 0 Å². The fourth-order valence-corrected chi connectivity index (χ4v) is 3.67. The van der Waals surface area contributed by atoms with Crippen LogP contribution < -0.4 is 0 Å². The van der Waals surface area contributed by atoms with Crippen LogP contribution in [0.15, 0.2) is 42.5 Å². The molecule has 1 unspecified atom stereocenters. The Labute approximate surface area is 129 Å². The largest absolute Gasteiger partial charge is 0.388 e. The maximum Gasteiger partial charge on any atom is 0.138 e. The first kappa shape index (κ1) is 17.9. The van der Waals surface area contributed by atoms with E-state index in [1.54, 1.807) is 0 Å². The Kier molecular flexibility index (Phi) is 5.71. The molecular formula is C18H28O2Si. The number of hydrogen-bond donors (Lipinski definition) is 1. The minimum Gasteiger partial charge on any atom is -0.388 e. The number of carbonyl (C=O) groups is 1. The van der Waals surface area contributed by atoms with Crippen molar-refractivity contribution in [2.75, 3.05) is 0 Å². The van der Waals surface area contributed by atoms with Gasteiger partial charge in [0, 0.05) is 5.57 Å². The van der Waals surface area contributed by atoms with E-state index in [1.165, 1.54) is 5.56 Å². The first-order valence-electron chi connectivity index (χ1n) is 7.53. The second kappa shape index (κ2) is 6.71. The molecule has 3 heteroatoms. The molecule has 1 aromatic rings. The molecule has 0 aliphatic carbocycles. The van der Waals surface area contributed by atoms with Gasteiger partial charge in [-0.05, 0) is 23.4 Å². The van der Waals surface area contributed by atoms with Crippen LogP contribution in [0.25, 0.3) is 0 Å². The van der Waals surface area contributed by atoms with Crippen LogP contribution in [0.2, 0.25) is 18.1 Å². The van der Waals surface area contributed by atoms with E-state index in [9.17, 15) is 9.90 Å². The SMILES string of the molecule is C=C(C(=O)[Si](C)(C)C(C)(C)C)C(O)CCc1ccccc1. The average Bonchev–Trinajstić information content (AvgIpc) is 2.43. The van der Waals surface area contributed by atoms with Crippen molar-refractivity contribution in [3.63, 3.8) is 0 Å². The maximum atomic E-state index is 12.7. The minimum absolute atomic E-state index is 0.0355. The third-order valence-electron chi connectivity index (χ3n) is 4.69. The number of hydrogen-bond acceptors (Lipinski definition) is 2. The number of carbonyl (C=O) groups excluding carboxylic acids is 1. The van der Waals surface area contributed by atoms with E-state index < -0.39 is 14.2 Å². The molecule has 1 atom stereocenters. The summed E-state index contributed by atoms with van der Waals surface area (Å²) in [6, 6.07) is 10.0. The van der Waals surface area contributed by atoms with Gasteiger partial charge in [-0.25, -0.2) is 0 Å². The smallest absolute Gasteiger partial charge is 0.138 e. The maximum absolute atomic E-state index is 12.7. The topological polar surface area (TPSA) is 37.3 Å². The van der Waals surface area contributed by atoms with Gasteiger partial charge in [0.05, 0.1) is 6.10 Å². The number of rotatable bonds is 6. The second-order valence-electron chi connectivity index (χ2n) is 7.27. The average molecular weight is 305 g/mol. The molecule has 0 aliphatic heterocycles. The van der Waals surface area contributed by atoms with Crippen LogP contribution >= 0.6 is 0 Å². The summed E-state index contributed by atoms with van der Waals surface area (Å²) >= 11 is 0. The molecule has 1 rings (SSSR count). The molecule has 21 heavy (non-hydrogen) atoms. The molecule has 0 bridgehead atoms. The highest BCUT2D eigenvalue weighted by Crippen LogP contribution is 2.38. The van der Waals surface area contributed by atoms with Gasteiger partial charge in [0.15, 0.2) is 0 Å². The first-order chi connectivity index (χ1) is 9.57. The molecule has 116 valence electrons. The zero-order valence-corrected chi connectivity index (χ0v) is 14.9. The van der Waals surface area contributed by atoms with E-state index in [1.807, 2.05) is 30.3 Å². The molecule has 0 saturated heterocycles. The summed E-state index contributed by atoms with van der Waals surface area (Å²) in [5.41, 5.74) is 1.56. The van der Waals surface area contributed by atoms with Crippen molar-refractivity contribution in [3.05, 3.63) is 48.0 Å². The summed E-state index contributed by atoms with van der Waals surface area (Å²) in [5, 5.41) is 10.3. The molecule has 0 radical (unpaired) electrons. The Balaban J connectivity index is 2.68. The Morgan fingerprint density at radius 2 is 1.76 bits per heavy atom. The molecule has 1 aromatic carbocycles. The first-order valence-corrected chi connectivity index (χ1v) is 10.5. The van der Waals surface area contributed by atoms with Crippen LogP contribution in [0.4, 0.5) is 0 Å². The van der Waals surface area contributed by atoms with E-state index >= 15 is 0 Å². The Hall–Kier alpha value is -1.19. The van der Waals surface area contributed by atoms with Gasteiger partial charge in [-0.3, -0.25) is 0 Å². The molecule has 0 spiro atoms. The predicted molar refractivity (Wildman–Crippen MR) is 92.1 cm³/mol. The van der Waals surface area contributed by atoms with Gasteiger partial charge in [0.2, 0.25) is 0 Å². The lowest BCUT2D eigenvalue weighted by atomic mass is 10.0. The Morgan fingerprint density at radius 3 is 2.24 bits per heavy atom. The molecule has 0 saturated carbocycles. The Bertz CT molecular complexity index is 498. The number of aryl methyl sites for hydroxylation is 1. The highest BCUT2D eigenvalue weighted by Gasteiger charge is 2.43. The number of benzene rings is 1. The summed E-state index contributed by atoms with van der Waals surface area (Å²) in [7, 11) is -2.14. The molecule has 1 N–H and O–H groups in total. The molecule has 0 aliphatic rings. The van der Waals surface area contributed by atoms with Crippen LogP contribution in [0.1, 0.15) is 32.8 Å². The standard InChI is InChI=1S/C18H28O2Si/c1-14(17(20)21(5,6)18(2,3)4)16(19)13-12-15-10-8-7-9-11-15/h7-11,16,19H,1,12-13H2,2-6H3. The fourth-order valence-electron chi connectivity index (χ4n) is 2.02. The Morgan fingerprint density at radius 1 is 1.24 bits per heavy atom. The summed E-state index contributed by atoms with van der Waals surface area (Å²) in [5.74, 6) is 0. The van der Waals surface area contributed by atoms with E-state index in [-0.39, 0.29) is 10.4 Å². The van der Waals surface area contributed by atoms with Crippen molar-refractivity contribution < 1.29 is 9.90 Å². The highest BCUT2D eigenvalue weighted by atomic mass is 28.3. The van der Waals surface area contributed by atoms with E-state index in [0.29, 0.717) is 12.0 Å². The van der Waals surface area contributed by atoms with Gasteiger partial charge < -0.3 is 9.90 Å². The summed E-state index contributed by atoms with van der Waals surface area (Å²) in [4.78, 5) is 12.7. The van der Waals surface area contributed by atoms with E-state index in [4.69, 9.17) is 0 Å². The third kappa shape index (κ3) is 4.38. The molecular weight excluding hydrogens is 276 g/mol. The molecule has 2 nitrogen and oxygen atoms in total. The van der Waals surface area contributed by atoms with Crippen molar-refractivity contribution in [2.45, 2.75) is 57.8 Å². The zero-order chi connectivity index (χ0) is 16.3. The van der Waals surface area contributed by atoms with Crippen LogP contribution in [0, 0.1) is 0 Å². The normalized spacial score (nSPS) is 13.8. The van der Waals surface area contributed by atoms with Crippen molar-refractivity contribution in [1.29, 1.82) is 0 Å². The van der Waals surface area contributed by atoms with Gasteiger partial charge in [0.25, 0.3) is 0 Å². The summed E-state index contributed by atoms with van der Waals surface area (Å²) < 4.78 is 0.